The van der Waals surface area contributed by atoms with E-state index in [4.69, 9.17) is 23.2 Å². The zero-order valence-corrected chi connectivity index (χ0v) is 17.8. The second kappa shape index (κ2) is 8.66. The molecule has 1 atom stereocenters. The van der Waals surface area contributed by atoms with E-state index in [0.717, 1.165) is 6.54 Å². The molecule has 28 heavy (non-hydrogen) atoms. The number of halogens is 2. The number of nitrogens with zero attached hydrogens (tertiary/aromatic N) is 2. The van der Waals surface area contributed by atoms with Gasteiger partial charge >= 0.3 is 0 Å². The Kier molecular flexibility index (Phi) is 6.45. The second-order valence-electron chi connectivity index (χ2n) is 6.80. The highest BCUT2D eigenvalue weighted by Gasteiger charge is 2.43. The maximum absolute atomic E-state index is 13.1. The number of carbonyl (C=O) groups is 2. The van der Waals surface area contributed by atoms with Crippen LogP contribution in [-0.4, -0.2) is 53.8 Å². The Morgan fingerprint density at radius 2 is 2.00 bits per heavy atom. The number of ketones is 1. The highest BCUT2D eigenvalue weighted by molar-refractivity contribution is 7.12. The first-order valence-electron chi connectivity index (χ1n) is 8.73. The first-order valence-corrected chi connectivity index (χ1v) is 10.4. The van der Waals surface area contributed by atoms with Crippen LogP contribution < -0.4 is 0 Å². The Balaban J connectivity index is 2.03. The van der Waals surface area contributed by atoms with Gasteiger partial charge in [0.1, 0.15) is 0 Å². The Hall–Kier alpha value is -1.86. The molecule has 0 unspecified atom stereocenters. The van der Waals surface area contributed by atoms with Crippen LogP contribution in [-0.2, 0) is 4.79 Å². The molecule has 0 saturated carbocycles. The van der Waals surface area contributed by atoms with Gasteiger partial charge in [-0.3, -0.25) is 9.59 Å². The Morgan fingerprint density at radius 1 is 1.25 bits per heavy atom. The summed E-state index contributed by atoms with van der Waals surface area (Å²) in [5.74, 6) is -1.40. The molecule has 0 spiro atoms. The predicted molar refractivity (Wildman–Crippen MR) is 112 cm³/mol. The van der Waals surface area contributed by atoms with Gasteiger partial charge in [-0.2, -0.15) is 0 Å². The highest BCUT2D eigenvalue weighted by atomic mass is 35.5. The summed E-state index contributed by atoms with van der Waals surface area (Å²) in [7, 11) is 3.90. The molecule has 148 valence electrons. The molecular weight excluding hydrogens is 419 g/mol. The number of thiophene rings is 1. The number of amides is 1. The van der Waals surface area contributed by atoms with Crippen LogP contribution >= 0.6 is 34.5 Å². The lowest BCUT2D eigenvalue weighted by Crippen LogP contribution is -2.33. The van der Waals surface area contributed by atoms with Gasteiger partial charge in [0.05, 0.1) is 26.5 Å². The van der Waals surface area contributed by atoms with Gasteiger partial charge in [-0.05, 0) is 56.2 Å². The van der Waals surface area contributed by atoms with Gasteiger partial charge in [-0.1, -0.05) is 35.3 Å². The molecule has 8 heteroatoms. The lowest BCUT2D eigenvalue weighted by molar-refractivity contribution is -0.129. The SMILES string of the molecule is CN(C)CCCN1C(=O)C(O)=C(C(=O)c2cccs2)[C@H]1c1ccc(Cl)c(Cl)c1. The normalized spacial score (nSPS) is 17.1. The standard InChI is InChI=1S/C20H20Cl2N2O3S/c1-23(2)8-4-9-24-17(12-6-7-13(21)14(22)11-12)16(19(26)20(24)27)18(25)15-5-3-10-28-15/h3,5-7,10-11,17,26H,4,8-9H2,1-2H3/t17-/m1/s1. The number of hydrogen-bond acceptors (Lipinski definition) is 5. The zero-order chi connectivity index (χ0) is 20.4. The second-order valence-corrected chi connectivity index (χ2v) is 8.56. The molecule has 0 radical (unpaired) electrons. The van der Waals surface area contributed by atoms with E-state index < -0.39 is 17.7 Å². The number of rotatable bonds is 7. The van der Waals surface area contributed by atoms with Gasteiger partial charge in [0, 0.05) is 6.54 Å². The predicted octanol–water partition coefficient (Wildman–Crippen LogP) is 4.58. The first-order chi connectivity index (χ1) is 13.3. The molecule has 5 nitrogen and oxygen atoms in total. The maximum atomic E-state index is 13.1. The zero-order valence-electron chi connectivity index (χ0n) is 15.5. The largest absolute Gasteiger partial charge is 0.503 e. The Morgan fingerprint density at radius 3 is 2.61 bits per heavy atom. The number of aliphatic hydroxyl groups excluding tert-OH is 1. The van der Waals surface area contributed by atoms with E-state index in [1.807, 2.05) is 19.0 Å². The van der Waals surface area contributed by atoms with Gasteiger partial charge in [0.15, 0.2) is 5.76 Å². The number of benzene rings is 1. The molecule has 1 aromatic carbocycles. The average molecular weight is 439 g/mol. The summed E-state index contributed by atoms with van der Waals surface area (Å²) in [6, 6.07) is 7.73. The molecule has 0 saturated heterocycles. The van der Waals surface area contributed by atoms with Crippen LogP contribution in [0.3, 0.4) is 0 Å². The fourth-order valence-electron chi connectivity index (χ4n) is 3.24. The van der Waals surface area contributed by atoms with Crippen molar-refractivity contribution in [3.63, 3.8) is 0 Å². The van der Waals surface area contributed by atoms with Crippen molar-refractivity contribution in [3.05, 3.63) is 67.5 Å². The van der Waals surface area contributed by atoms with Crippen LogP contribution in [0.15, 0.2) is 47.0 Å². The number of carbonyl (C=O) groups excluding carboxylic acids is 2. The van der Waals surface area contributed by atoms with Crippen LogP contribution in [0.1, 0.15) is 27.7 Å². The summed E-state index contributed by atoms with van der Waals surface area (Å²) in [6.45, 7) is 1.17. The molecule has 0 bridgehead atoms. The average Bonchev–Trinajstić information content (AvgIpc) is 3.26. The maximum Gasteiger partial charge on any atom is 0.290 e. The van der Waals surface area contributed by atoms with E-state index >= 15 is 0 Å². The minimum Gasteiger partial charge on any atom is -0.503 e. The highest BCUT2D eigenvalue weighted by Crippen LogP contribution is 2.41. The van der Waals surface area contributed by atoms with Gasteiger partial charge in [0.2, 0.25) is 5.78 Å². The smallest absolute Gasteiger partial charge is 0.290 e. The number of aliphatic hydroxyl groups is 1. The molecule has 1 aromatic heterocycles. The topological polar surface area (TPSA) is 60.9 Å². The summed E-state index contributed by atoms with van der Waals surface area (Å²) < 4.78 is 0. The van der Waals surface area contributed by atoms with Crippen molar-refractivity contribution < 1.29 is 14.7 Å². The molecule has 1 aliphatic rings. The molecule has 0 fully saturated rings. The van der Waals surface area contributed by atoms with E-state index in [1.165, 1.54) is 16.2 Å². The quantitative estimate of drug-likeness (QED) is 0.642. The van der Waals surface area contributed by atoms with Crippen molar-refractivity contribution in [1.29, 1.82) is 0 Å². The third kappa shape index (κ3) is 4.10. The molecule has 2 aromatic rings. The third-order valence-corrected chi connectivity index (χ3v) is 6.16. The monoisotopic (exact) mass is 438 g/mol. The van der Waals surface area contributed by atoms with Gasteiger partial charge in [0.25, 0.3) is 5.91 Å². The van der Waals surface area contributed by atoms with Gasteiger partial charge in [-0.15, -0.1) is 11.3 Å². The summed E-state index contributed by atoms with van der Waals surface area (Å²) in [5, 5.41) is 13.1. The number of Topliss-reactive ketones (excluding diaryl/α,β-unsaturated/α-hetero) is 1. The molecule has 1 N–H and O–H groups in total. The lowest BCUT2D eigenvalue weighted by Gasteiger charge is -2.27. The molecule has 2 heterocycles. The van der Waals surface area contributed by atoms with Gasteiger partial charge in [-0.25, -0.2) is 0 Å². The summed E-state index contributed by atoms with van der Waals surface area (Å²) in [5.41, 5.74) is 0.715. The fraction of sp³-hybridized carbons (Fsp3) is 0.300. The molecule has 1 amide bonds. The van der Waals surface area contributed by atoms with Crippen LogP contribution in [0.2, 0.25) is 10.0 Å². The Labute approximate surface area is 177 Å². The molecule has 3 rings (SSSR count). The summed E-state index contributed by atoms with van der Waals surface area (Å²) >= 11 is 13.5. The van der Waals surface area contributed by atoms with Gasteiger partial charge < -0.3 is 14.9 Å². The molecule has 1 aliphatic heterocycles. The Bertz CT molecular complexity index is 926. The fourth-order valence-corrected chi connectivity index (χ4v) is 4.23. The van der Waals surface area contributed by atoms with Crippen LogP contribution in [0.25, 0.3) is 0 Å². The van der Waals surface area contributed by atoms with Crippen LogP contribution in [0.4, 0.5) is 0 Å². The van der Waals surface area contributed by atoms with Crippen molar-refractivity contribution >= 4 is 46.2 Å². The van der Waals surface area contributed by atoms with Crippen LogP contribution in [0.5, 0.6) is 0 Å². The van der Waals surface area contributed by atoms with E-state index in [2.05, 4.69) is 0 Å². The van der Waals surface area contributed by atoms with Crippen molar-refractivity contribution in [2.75, 3.05) is 27.2 Å². The van der Waals surface area contributed by atoms with Crippen LogP contribution in [0, 0.1) is 0 Å². The summed E-state index contributed by atoms with van der Waals surface area (Å²) in [6.07, 6.45) is 0.699. The minimum absolute atomic E-state index is 0.0793. The van der Waals surface area contributed by atoms with Crippen molar-refractivity contribution in [2.45, 2.75) is 12.5 Å². The summed E-state index contributed by atoms with van der Waals surface area (Å²) in [4.78, 5) is 29.9. The van der Waals surface area contributed by atoms with Crippen molar-refractivity contribution in [2.24, 2.45) is 0 Å². The number of hydrogen-bond donors (Lipinski definition) is 1. The van der Waals surface area contributed by atoms with E-state index in [1.54, 1.807) is 35.7 Å². The lowest BCUT2D eigenvalue weighted by atomic mass is 9.95. The van der Waals surface area contributed by atoms with E-state index in [0.29, 0.717) is 33.5 Å². The third-order valence-electron chi connectivity index (χ3n) is 4.56. The van der Waals surface area contributed by atoms with E-state index in [-0.39, 0.29) is 11.4 Å². The van der Waals surface area contributed by atoms with E-state index in [9.17, 15) is 14.7 Å². The van der Waals surface area contributed by atoms with Crippen molar-refractivity contribution in [1.82, 2.24) is 9.80 Å². The minimum atomic E-state index is -0.709. The molecule has 0 aliphatic carbocycles. The first kappa shape index (κ1) is 20.9. The molecular formula is C20H20Cl2N2O3S. The van der Waals surface area contributed by atoms with Crippen molar-refractivity contribution in [3.8, 4) is 0 Å².